The maximum absolute atomic E-state index is 10.6. The van der Waals surface area contributed by atoms with Crippen molar-refractivity contribution in [3.05, 3.63) is 41.5 Å². The Balaban J connectivity index is 2.02. The molecule has 21 heavy (non-hydrogen) atoms. The molecule has 4 heteroatoms. The maximum Gasteiger partial charge on any atom is 0.328 e. The number of benzene rings is 1. The van der Waals surface area contributed by atoms with E-state index in [0.717, 1.165) is 25.2 Å². The highest BCUT2D eigenvalue weighted by Crippen LogP contribution is 2.21. The highest BCUT2D eigenvalue weighted by atomic mass is 16.4. The zero-order valence-corrected chi connectivity index (χ0v) is 12.8. The van der Waals surface area contributed by atoms with E-state index in [4.69, 9.17) is 5.11 Å². The number of carbonyl (C=O) groups is 1. The lowest BCUT2D eigenvalue weighted by molar-refractivity contribution is -0.131. The third-order valence-corrected chi connectivity index (χ3v) is 3.83. The highest BCUT2D eigenvalue weighted by Gasteiger charge is 2.24. The van der Waals surface area contributed by atoms with E-state index in [1.165, 1.54) is 24.5 Å². The summed E-state index contributed by atoms with van der Waals surface area (Å²) >= 11 is 0. The van der Waals surface area contributed by atoms with Crippen LogP contribution in [0.4, 0.5) is 0 Å². The molecule has 1 aromatic rings. The van der Waals surface area contributed by atoms with Crippen molar-refractivity contribution in [1.29, 1.82) is 0 Å². The van der Waals surface area contributed by atoms with Crippen molar-refractivity contribution in [2.24, 2.45) is 0 Å². The Kier molecular flexibility index (Phi) is 5.53. The number of carboxylic acid groups (broad SMARTS) is 1. The molecule has 1 N–H and O–H groups in total. The van der Waals surface area contributed by atoms with Gasteiger partial charge in [0.25, 0.3) is 0 Å². The first-order chi connectivity index (χ1) is 10.0. The summed E-state index contributed by atoms with van der Waals surface area (Å²) in [6.07, 6.45) is 5.35. The highest BCUT2D eigenvalue weighted by molar-refractivity contribution is 5.85. The Hall–Kier alpha value is -1.65. The molecule has 0 saturated carbocycles. The van der Waals surface area contributed by atoms with Crippen LogP contribution in [0.5, 0.6) is 0 Å². The molecular formula is C17H24N2O2. The van der Waals surface area contributed by atoms with E-state index in [1.54, 1.807) is 6.08 Å². The van der Waals surface area contributed by atoms with Crippen molar-refractivity contribution < 1.29 is 9.90 Å². The van der Waals surface area contributed by atoms with Crippen molar-refractivity contribution in [3.63, 3.8) is 0 Å². The Morgan fingerprint density at radius 2 is 2.29 bits per heavy atom. The Morgan fingerprint density at radius 3 is 3.00 bits per heavy atom. The number of nitrogens with zero attached hydrogens (tertiary/aromatic N) is 2. The third kappa shape index (κ3) is 4.99. The number of rotatable bonds is 6. The van der Waals surface area contributed by atoms with Crippen LogP contribution >= 0.6 is 0 Å². The van der Waals surface area contributed by atoms with Gasteiger partial charge in [0.15, 0.2) is 0 Å². The van der Waals surface area contributed by atoms with Gasteiger partial charge >= 0.3 is 5.97 Å². The fourth-order valence-electron chi connectivity index (χ4n) is 2.93. The van der Waals surface area contributed by atoms with Crippen LogP contribution in [0.2, 0.25) is 0 Å². The standard InChI is InChI=1S/C17H24N2O2/c1-18(2)13-16-7-4-10-19(16)12-15-6-3-5-14(11-15)8-9-17(20)21/h3,5-6,8-9,11,16H,4,7,10,12-13H2,1-2H3,(H,20,21). The predicted octanol–water partition coefficient (Wildman–Crippen LogP) is 2.31. The molecule has 0 aliphatic carbocycles. The Labute approximate surface area is 126 Å². The molecule has 1 aliphatic heterocycles. The number of likely N-dealkylation sites (N-methyl/N-ethyl adjacent to an activating group) is 1. The summed E-state index contributed by atoms with van der Waals surface area (Å²) in [4.78, 5) is 15.4. The van der Waals surface area contributed by atoms with Crippen molar-refractivity contribution >= 4 is 12.0 Å². The summed E-state index contributed by atoms with van der Waals surface area (Å²) in [5, 5.41) is 8.69. The minimum Gasteiger partial charge on any atom is -0.478 e. The predicted molar refractivity (Wildman–Crippen MR) is 85.1 cm³/mol. The second kappa shape index (κ2) is 7.38. The molecule has 4 nitrogen and oxygen atoms in total. The Bertz CT molecular complexity index is 511. The van der Waals surface area contributed by atoms with Gasteiger partial charge in [-0.05, 0) is 50.7 Å². The summed E-state index contributed by atoms with van der Waals surface area (Å²) in [5.74, 6) is -0.911. The summed E-state index contributed by atoms with van der Waals surface area (Å²) < 4.78 is 0. The van der Waals surface area contributed by atoms with Gasteiger partial charge in [-0.15, -0.1) is 0 Å². The molecule has 1 aliphatic rings. The summed E-state index contributed by atoms with van der Waals surface area (Å²) in [7, 11) is 4.24. The first kappa shape index (κ1) is 15.7. The molecule has 2 rings (SSSR count). The minimum absolute atomic E-state index is 0.623. The Morgan fingerprint density at radius 1 is 1.48 bits per heavy atom. The van der Waals surface area contributed by atoms with Crippen molar-refractivity contribution in [2.45, 2.75) is 25.4 Å². The quantitative estimate of drug-likeness (QED) is 0.816. The van der Waals surface area contributed by atoms with Gasteiger partial charge in [0, 0.05) is 25.2 Å². The van der Waals surface area contributed by atoms with Gasteiger partial charge in [-0.2, -0.15) is 0 Å². The van der Waals surface area contributed by atoms with Crippen LogP contribution in [0.25, 0.3) is 6.08 Å². The number of hydrogen-bond acceptors (Lipinski definition) is 3. The third-order valence-electron chi connectivity index (χ3n) is 3.83. The van der Waals surface area contributed by atoms with Crippen molar-refractivity contribution in [2.75, 3.05) is 27.2 Å². The maximum atomic E-state index is 10.6. The average Bonchev–Trinajstić information content (AvgIpc) is 2.83. The number of aliphatic carboxylic acids is 1. The van der Waals surface area contributed by atoms with Crippen molar-refractivity contribution in [3.8, 4) is 0 Å². The molecule has 114 valence electrons. The van der Waals surface area contributed by atoms with Crippen LogP contribution < -0.4 is 0 Å². The molecule has 1 saturated heterocycles. The van der Waals surface area contributed by atoms with Gasteiger partial charge in [-0.1, -0.05) is 24.3 Å². The summed E-state index contributed by atoms with van der Waals surface area (Å²) in [5.41, 5.74) is 2.19. The molecule has 0 radical (unpaired) electrons. The summed E-state index contributed by atoms with van der Waals surface area (Å²) in [6, 6.07) is 8.74. The molecule has 1 heterocycles. The summed E-state index contributed by atoms with van der Waals surface area (Å²) in [6.45, 7) is 3.18. The van der Waals surface area contributed by atoms with Crippen LogP contribution in [0.3, 0.4) is 0 Å². The van der Waals surface area contributed by atoms with Gasteiger partial charge in [-0.3, -0.25) is 4.90 Å². The SMILES string of the molecule is CN(C)CC1CCCN1Cc1cccc(C=CC(=O)O)c1. The molecule has 0 spiro atoms. The van der Waals surface area contributed by atoms with Gasteiger partial charge in [-0.25, -0.2) is 4.79 Å². The van der Waals surface area contributed by atoms with Crippen LogP contribution in [-0.2, 0) is 11.3 Å². The molecule has 1 fully saturated rings. The van der Waals surface area contributed by atoms with Gasteiger partial charge in [0.1, 0.15) is 0 Å². The fourth-order valence-corrected chi connectivity index (χ4v) is 2.93. The number of carboxylic acids is 1. The zero-order chi connectivity index (χ0) is 15.2. The van der Waals surface area contributed by atoms with Gasteiger partial charge < -0.3 is 10.0 Å². The van der Waals surface area contributed by atoms with Crippen LogP contribution in [0.1, 0.15) is 24.0 Å². The molecular weight excluding hydrogens is 264 g/mol. The molecule has 0 bridgehead atoms. The van der Waals surface area contributed by atoms with E-state index >= 15 is 0 Å². The molecule has 0 amide bonds. The van der Waals surface area contributed by atoms with E-state index < -0.39 is 5.97 Å². The number of hydrogen-bond donors (Lipinski definition) is 1. The lowest BCUT2D eigenvalue weighted by Crippen LogP contribution is -2.37. The topological polar surface area (TPSA) is 43.8 Å². The van der Waals surface area contributed by atoms with Crippen LogP contribution in [0, 0.1) is 0 Å². The fraction of sp³-hybridized carbons (Fsp3) is 0.471. The smallest absolute Gasteiger partial charge is 0.328 e. The van der Waals surface area contributed by atoms with E-state index in [0.29, 0.717) is 6.04 Å². The largest absolute Gasteiger partial charge is 0.478 e. The van der Waals surface area contributed by atoms with E-state index in [1.807, 2.05) is 12.1 Å². The molecule has 1 atom stereocenters. The normalized spacial score (nSPS) is 19.7. The van der Waals surface area contributed by atoms with Crippen LogP contribution in [-0.4, -0.2) is 54.1 Å². The lowest BCUT2D eigenvalue weighted by atomic mass is 10.1. The lowest BCUT2D eigenvalue weighted by Gasteiger charge is -2.27. The average molecular weight is 288 g/mol. The van der Waals surface area contributed by atoms with Gasteiger partial charge in [0.05, 0.1) is 0 Å². The minimum atomic E-state index is -0.911. The molecule has 1 aromatic carbocycles. The zero-order valence-electron chi connectivity index (χ0n) is 12.8. The van der Waals surface area contributed by atoms with Crippen molar-refractivity contribution in [1.82, 2.24) is 9.80 Å². The molecule has 1 unspecified atom stereocenters. The first-order valence-corrected chi connectivity index (χ1v) is 7.43. The van der Waals surface area contributed by atoms with E-state index in [9.17, 15) is 4.79 Å². The van der Waals surface area contributed by atoms with E-state index in [-0.39, 0.29) is 0 Å². The van der Waals surface area contributed by atoms with Gasteiger partial charge in [0.2, 0.25) is 0 Å². The number of likely N-dealkylation sites (tertiary alicyclic amines) is 1. The second-order valence-corrected chi connectivity index (χ2v) is 5.95. The van der Waals surface area contributed by atoms with Crippen LogP contribution in [0.15, 0.2) is 30.3 Å². The monoisotopic (exact) mass is 288 g/mol. The van der Waals surface area contributed by atoms with E-state index in [2.05, 4.69) is 36.0 Å². The molecule has 0 aromatic heterocycles. The first-order valence-electron chi connectivity index (χ1n) is 7.43. The second-order valence-electron chi connectivity index (χ2n) is 5.95.